The van der Waals surface area contributed by atoms with Gasteiger partial charge in [-0.15, -0.1) is 0 Å². The molecular weight excluding hydrogens is 284 g/mol. The van der Waals surface area contributed by atoms with Gasteiger partial charge in [0, 0.05) is 12.7 Å². The first-order valence-electron chi connectivity index (χ1n) is 7.29. The SMILES string of the molecule is CCOC(=O)N1/C=C\CN(C(=O)OCC)c2ccccc2C1. The van der Waals surface area contributed by atoms with Crippen molar-refractivity contribution in [3.63, 3.8) is 0 Å². The lowest BCUT2D eigenvalue weighted by Gasteiger charge is -2.28. The van der Waals surface area contributed by atoms with Crippen molar-refractivity contribution < 1.29 is 19.1 Å². The molecule has 1 aromatic rings. The van der Waals surface area contributed by atoms with Crippen LogP contribution in [0.2, 0.25) is 0 Å². The maximum Gasteiger partial charge on any atom is 0.414 e. The number of fused-ring (bicyclic) bond motifs is 1. The zero-order valence-corrected chi connectivity index (χ0v) is 12.8. The molecule has 6 heteroatoms. The van der Waals surface area contributed by atoms with E-state index in [1.165, 1.54) is 4.90 Å². The van der Waals surface area contributed by atoms with Crippen LogP contribution >= 0.6 is 0 Å². The van der Waals surface area contributed by atoms with Crippen LogP contribution in [0.1, 0.15) is 19.4 Å². The van der Waals surface area contributed by atoms with Crippen molar-refractivity contribution in [1.82, 2.24) is 4.90 Å². The highest BCUT2D eigenvalue weighted by molar-refractivity contribution is 5.89. The van der Waals surface area contributed by atoms with Crippen molar-refractivity contribution in [2.75, 3.05) is 24.7 Å². The normalized spacial score (nSPS) is 15.4. The number of hydrogen-bond acceptors (Lipinski definition) is 4. The van der Waals surface area contributed by atoms with E-state index in [-0.39, 0.29) is 0 Å². The standard InChI is InChI=1S/C16H20N2O4/c1-3-21-15(19)17-10-7-11-18(16(20)22-4-2)14-9-6-5-8-13(14)12-17/h5-10H,3-4,11-12H2,1-2H3/b10-7-. The third kappa shape index (κ3) is 3.58. The summed E-state index contributed by atoms with van der Waals surface area (Å²) in [6.07, 6.45) is 2.58. The van der Waals surface area contributed by atoms with Crippen LogP contribution in [0.5, 0.6) is 0 Å². The molecule has 6 nitrogen and oxygen atoms in total. The fourth-order valence-electron chi connectivity index (χ4n) is 2.23. The fourth-order valence-corrected chi connectivity index (χ4v) is 2.23. The highest BCUT2D eigenvalue weighted by atomic mass is 16.6. The summed E-state index contributed by atoms with van der Waals surface area (Å²) >= 11 is 0. The number of carbonyl (C=O) groups is 2. The molecule has 1 heterocycles. The van der Waals surface area contributed by atoms with Gasteiger partial charge in [0.15, 0.2) is 0 Å². The maximum atomic E-state index is 12.1. The van der Waals surface area contributed by atoms with Crippen molar-refractivity contribution in [2.45, 2.75) is 20.4 Å². The van der Waals surface area contributed by atoms with Crippen molar-refractivity contribution in [1.29, 1.82) is 0 Å². The Bertz CT molecular complexity index is 571. The molecule has 1 aromatic carbocycles. The Morgan fingerprint density at radius 2 is 1.77 bits per heavy atom. The quantitative estimate of drug-likeness (QED) is 0.842. The predicted molar refractivity (Wildman–Crippen MR) is 82.5 cm³/mol. The van der Waals surface area contributed by atoms with Gasteiger partial charge in [0.05, 0.1) is 25.4 Å². The molecular formula is C16H20N2O4. The number of carbonyl (C=O) groups excluding carboxylic acids is 2. The first-order chi connectivity index (χ1) is 10.7. The van der Waals surface area contributed by atoms with E-state index in [2.05, 4.69) is 0 Å². The molecule has 0 radical (unpaired) electrons. The molecule has 0 N–H and O–H groups in total. The Hall–Kier alpha value is -2.50. The number of amides is 2. The van der Waals surface area contributed by atoms with Gasteiger partial charge in [-0.1, -0.05) is 18.2 Å². The van der Waals surface area contributed by atoms with E-state index in [0.717, 1.165) is 11.3 Å². The highest BCUT2D eigenvalue weighted by Gasteiger charge is 2.23. The first kappa shape index (κ1) is 15.9. The van der Waals surface area contributed by atoms with Crippen LogP contribution in [0.15, 0.2) is 36.5 Å². The van der Waals surface area contributed by atoms with Crippen molar-refractivity contribution in [2.24, 2.45) is 0 Å². The topological polar surface area (TPSA) is 59.1 Å². The van der Waals surface area contributed by atoms with Crippen LogP contribution in [0.4, 0.5) is 15.3 Å². The summed E-state index contributed by atoms with van der Waals surface area (Å²) in [5.41, 5.74) is 1.59. The summed E-state index contributed by atoms with van der Waals surface area (Å²) in [4.78, 5) is 27.1. The smallest absolute Gasteiger partial charge is 0.414 e. The summed E-state index contributed by atoms with van der Waals surface area (Å²) < 4.78 is 10.1. The Morgan fingerprint density at radius 1 is 1.09 bits per heavy atom. The van der Waals surface area contributed by atoms with Crippen molar-refractivity contribution in [3.8, 4) is 0 Å². The molecule has 0 bridgehead atoms. The summed E-state index contributed by atoms with van der Waals surface area (Å²) in [5, 5.41) is 0. The molecule has 0 spiro atoms. The number of hydrogen-bond donors (Lipinski definition) is 0. The average molecular weight is 304 g/mol. The minimum atomic E-state index is -0.405. The Morgan fingerprint density at radius 3 is 2.50 bits per heavy atom. The minimum Gasteiger partial charge on any atom is -0.449 e. The second-order valence-electron chi connectivity index (χ2n) is 4.65. The predicted octanol–water partition coefficient (Wildman–Crippen LogP) is 3.14. The van der Waals surface area contributed by atoms with E-state index in [4.69, 9.17) is 9.47 Å². The highest BCUT2D eigenvalue weighted by Crippen LogP contribution is 2.25. The zero-order chi connectivity index (χ0) is 15.9. The molecule has 0 aromatic heterocycles. The molecule has 118 valence electrons. The van der Waals surface area contributed by atoms with Gasteiger partial charge in [-0.3, -0.25) is 9.80 Å². The lowest BCUT2D eigenvalue weighted by Crippen LogP contribution is -2.35. The molecule has 0 saturated heterocycles. The Kier molecular flexibility index (Phi) is 5.41. The van der Waals surface area contributed by atoms with E-state index in [9.17, 15) is 9.59 Å². The zero-order valence-electron chi connectivity index (χ0n) is 12.8. The molecule has 2 amide bonds. The summed E-state index contributed by atoms with van der Waals surface area (Å²) in [6.45, 7) is 4.83. The number of benzene rings is 1. The fraction of sp³-hybridized carbons (Fsp3) is 0.375. The molecule has 0 aliphatic carbocycles. The molecule has 0 saturated carbocycles. The molecule has 22 heavy (non-hydrogen) atoms. The van der Waals surface area contributed by atoms with E-state index in [1.807, 2.05) is 24.3 Å². The van der Waals surface area contributed by atoms with Gasteiger partial charge in [-0.2, -0.15) is 0 Å². The molecule has 2 rings (SSSR count). The second-order valence-corrected chi connectivity index (χ2v) is 4.65. The van der Waals surface area contributed by atoms with Gasteiger partial charge in [0.1, 0.15) is 0 Å². The monoisotopic (exact) mass is 304 g/mol. The molecule has 0 atom stereocenters. The van der Waals surface area contributed by atoms with Gasteiger partial charge < -0.3 is 9.47 Å². The van der Waals surface area contributed by atoms with Crippen LogP contribution < -0.4 is 4.90 Å². The molecule has 0 unspecified atom stereocenters. The third-order valence-electron chi connectivity index (χ3n) is 3.19. The largest absolute Gasteiger partial charge is 0.449 e. The van der Waals surface area contributed by atoms with Crippen molar-refractivity contribution >= 4 is 17.9 Å². The second kappa shape index (κ2) is 7.49. The van der Waals surface area contributed by atoms with Crippen molar-refractivity contribution in [3.05, 3.63) is 42.1 Å². The number of nitrogens with zero attached hydrogens (tertiary/aromatic N) is 2. The number of ether oxygens (including phenoxy) is 2. The van der Waals surface area contributed by atoms with Crippen LogP contribution in [0, 0.1) is 0 Å². The molecule has 1 aliphatic heterocycles. The van der Waals surface area contributed by atoms with E-state index >= 15 is 0 Å². The summed E-state index contributed by atoms with van der Waals surface area (Å²) in [7, 11) is 0. The van der Waals surface area contributed by atoms with Gasteiger partial charge in [0.2, 0.25) is 0 Å². The minimum absolute atomic E-state index is 0.316. The number of anilines is 1. The van der Waals surface area contributed by atoms with Gasteiger partial charge in [0.25, 0.3) is 0 Å². The summed E-state index contributed by atoms with van der Waals surface area (Å²) in [5.74, 6) is 0. The molecule has 1 aliphatic rings. The van der Waals surface area contributed by atoms with Gasteiger partial charge in [-0.25, -0.2) is 9.59 Å². The maximum absolute atomic E-state index is 12.1. The van der Waals surface area contributed by atoms with Crippen LogP contribution in [0.25, 0.3) is 0 Å². The van der Waals surface area contributed by atoms with E-state index in [0.29, 0.717) is 26.3 Å². The van der Waals surface area contributed by atoms with Crippen LogP contribution in [-0.4, -0.2) is 36.8 Å². The number of para-hydroxylation sites is 1. The van der Waals surface area contributed by atoms with E-state index in [1.54, 1.807) is 31.0 Å². The Labute approximate surface area is 129 Å². The molecule has 0 fully saturated rings. The van der Waals surface area contributed by atoms with E-state index < -0.39 is 12.2 Å². The van der Waals surface area contributed by atoms with Crippen LogP contribution in [-0.2, 0) is 16.0 Å². The number of rotatable bonds is 2. The third-order valence-corrected chi connectivity index (χ3v) is 3.19. The lowest BCUT2D eigenvalue weighted by atomic mass is 10.1. The lowest BCUT2D eigenvalue weighted by molar-refractivity contribution is 0.120. The summed E-state index contributed by atoms with van der Waals surface area (Å²) in [6, 6.07) is 7.45. The first-order valence-corrected chi connectivity index (χ1v) is 7.29. The van der Waals surface area contributed by atoms with Gasteiger partial charge >= 0.3 is 12.2 Å². The Balaban J connectivity index is 2.30. The average Bonchev–Trinajstić information content (AvgIpc) is 2.48. The van der Waals surface area contributed by atoms with Gasteiger partial charge in [-0.05, 0) is 31.6 Å². The van der Waals surface area contributed by atoms with Crippen LogP contribution in [0.3, 0.4) is 0 Å².